The second kappa shape index (κ2) is 6.88. The Morgan fingerprint density at radius 1 is 1.48 bits per heavy atom. The Labute approximate surface area is 141 Å². The standard InChI is InChI=1S/C16H17FN2O2S2/c1-10-9-23-16(21)19(10)7-5-14(20)18-13-6-8-22-15-11(13)3-2-4-12(15)17/h2-4,9,13H,5-8H2,1H3,(H,18,20)/t13-/m1/s1. The molecule has 7 heteroatoms. The van der Waals surface area contributed by atoms with Crippen molar-refractivity contribution in [3.05, 3.63) is 50.3 Å². The van der Waals surface area contributed by atoms with Crippen LogP contribution in [0.2, 0.25) is 0 Å². The Morgan fingerprint density at radius 3 is 3.04 bits per heavy atom. The Balaban J connectivity index is 1.66. The Bertz CT molecular complexity index is 785. The molecule has 122 valence electrons. The van der Waals surface area contributed by atoms with Crippen molar-refractivity contribution in [3.8, 4) is 0 Å². The maximum Gasteiger partial charge on any atom is 0.307 e. The molecule has 0 radical (unpaired) electrons. The number of hydrogen-bond acceptors (Lipinski definition) is 4. The zero-order chi connectivity index (χ0) is 16.4. The van der Waals surface area contributed by atoms with Gasteiger partial charge in [-0.3, -0.25) is 9.59 Å². The molecule has 0 unspecified atom stereocenters. The Kier molecular flexibility index (Phi) is 4.87. The van der Waals surface area contributed by atoms with Gasteiger partial charge in [-0.1, -0.05) is 23.5 Å². The first-order chi connectivity index (χ1) is 11.1. The average molecular weight is 352 g/mol. The number of aryl methyl sites for hydroxylation is 1. The van der Waals surface area contributed by atoms with Crippen molar-refractivity contribution >= 4 is 29.0 Å². The van der Waals surface area contributed by atoms with Crippen molar-refractivity contribution < 1.29 is 9.18 Å². The molecule has 1 aromatic carbocycles. The number of hydrogen-bond donors (Lipinski definition) is 1. The van der Waals surface area contributed by atoms with Crippen LogP contribution in [0.25, 0.3) is 0 Å². The van der Waals surface area contributed by atoms with Crippen LogP contribution >= 0.6 is 23.1 Å². The van der Waals surface area contributed by atoms with Gasteiger partial charge in [0.25, 0.3) is 0 Å². The lowest BCUT2D eigenvalue weighted by Gasteiger charge is -2.26. The van der Waals surface area contributed by atoms with E-state index in [2.05, 4.69) is 5.32 Å². The van der Waals surface area contributed by atoms with E-state index in [-0.39, 0.29) is 29.1 Å². The Morgan fingerprint density at radius 2 is 2.30 bits per heavy atom. The molecule has 1 aliphatic rings. The molecule has 3 rings (SSSR count). The van der Waals surface area contributed by atoms with Crippen LogP contribution in [0.1, 0.15) is 30.1 Å². The number of thioether (sulfide) groups is 1. The summed E-state index contributed by atoms with van der Waals surface area (Å²) in [7, 11) is 0. The fourth-order valence-corrected chi connectivity index (χ4v) is 4.59. The van der Waals surface area contributed by atoms with Gasteiger partial charge in [-0.2, -0.15) is 0 Å². The number of carbonyl (C=O) groups is 1. The SMILES string of the molecule is Cc1csc(=O)n1CCC(=O)N[C@@H]1CCSc2c(F)cccc21. The van der Waals surface area contributed by atoms with Crippen molar-refractivity contribution in [1.82, 2.24) is 9.88 Å². The number of fused-ring (bicyclic) bond motifs is 1. The summed E-state index contributed by atoms with van der Waals surface area (Å²) in [4.78, 5) is 24.4. The molecular formula is C16H17FN2O2S2. The number of carbonyl (C=O) groups excluding carboxylic acids is 1. The number of nitrogens with one attached hydrogen (secondary N) is 1. The van der Waals surface area contributed by atoms with Gasteiger partial charge in [0, 0.05) is 34.7 Å². The van der Waals surface area contributed by atoms with E-state index in [0.29, 0.717) is 11.4 Å². The van der Waals surface area contributed by atoms with Crippen molar-refractivity contribution in [2.75, 3.05) is 5.75 Å². The number of aromatic nitrogens is 1. The van der Waals surface area contributed by atoms with Gasteiger partial charge < -0.3 is 9.88 Å². The first-order valence-electron chi connectivity index (χ1n) is 7.42. The van der Waals surface area contributed by atoms with Gasteiger partial charge in [0.05, 0.1) is 6.04 Å². The maximum absolute atomic E-state index is 13.8. The quantitative estimate of drug-likeness (QED) is 0.920. The monoisotopic (exact) mass is 352 g/mol. The van der Waals surface area contributed by atoms with Crippen LogP contribution in [0.4, 0.5) is 4.39 Å². The minimum absolute atomic E-state index is 0.0446. The zero-order valence-electron chi connectivity index (χ0n) is 12.7. The predicted molar refractivity (Wildman–Crippen MR) is 90.6 cm³/mol. The molecule has 0 bridgehead atoms. The molecule has 2 heterocycles. The van der Waals surface area contributed by atoms with Crippen LogP contribution in [0.3, 0.4) is 0 Å². The van der Waals surface area contributed by atoms with Crippen LogP contribution < -0.4 is 10.2 Å². The lowest BCUT2D eigenvalue weighted by atomic mass is 10.0. The summed E-state index contributed by atoms with van der Waals surface area (Å²) in [6.07, 6.45) is 1.02. The normalized spacial score (nSPS) is 16.9. The fraction of sp³-hybridized carbons (Fsp3) is 0.375. The molecule has 0 spiro atoms. The van der Waals surface area contributed by atoms with E-state index in [9.17, 15) is 14.0 Å². The topological polar surface area (TPSA) is 51.1 Å². The van der Waals surface area contributed by atoms with E-state index < -0.39 is 0 Å². The van der Waals surface area contributed by atoms with Crippen LogP contribution in [0, 0.1) is 12.7 Å². The third-order valence-corrected chi connectivity index (χ3v) is 5.94. The molecule has 1 aliphatic heterocycles. The molecule has 0 aliphatic carbocycles. The van der Waals surface area contributed by atoms with Gasteiger partial charge in [-0.05, 0) is 25.0 Å². The largest absolute Gasteiger partial charge is 0.349 e. The lowest BCUT2D eigenvalue weighted by Crippen LogP contribution is -2.32. The highest BCUT2D eigenvalue weighted by Crippen LogP contribution is 2.37. The first kappa shape index (κ1) is 16.3. The minimum Gasteiger partial charge on any atom is -0.349 e. The van der Waals surface area contributed by atoms with E-state index in [1.54, 1.807) is 16.0 Å². The van der Waals surface area contributed by atoms with Crippen LogP contribution in [-0.4, -0.2) is 16.2 Å². The van der Waals surface area contributed by atoms with Crippen molar-refractivity contribution in [2.45, 2.75) is 37.2 Å². The van der Waals surface area contributed by atoms with Gasteiger partial charge in [0.15, 0.2) is 0 Å². The summed E-state index contributed by atoms with van der Waals surface area (Å²) in [6.45, 7) is 2.23. The smallest absolute Gasteiger partial charge is 0.307 e. The van der Waals surface area contributed by atoms with Crippen molar-refractivity contribution in [3.63, 3.8) is 0 Å². The summed E-state index contributed by atoms with van der Waals surface area (Å²) in [5, 5.41) is 4.76. The molecule has 4 nitrogen and oxygen atoms in total. The van der Waals surface area contributed by atoms with E-state index in [4.69, 9.17) is 0 Å². The maximum atomic E-state index is 13.8. The fourth-order valence-electron chi connectivity index (χ4n) is 2.69. The lowest BCUT2D eigenvalue weighted by molar-refractivity contribution is -0.122. The summed E-state index contributed by atoms with van der Waals surface area (Å²) >= 11 is 2.63. The third-order valence-electron chi connectivity index (χ3n) is 3.90. The second-order valence-electron chi connectivity index (χ2n) is 5.46. The van der Waals surface area contributed by atoms with Gasteiger partial charge in [-0.15, -0.1) is 11.8 Å². The summed E-state index contributed by atoms with van der Waals surface area (Å²) < 4.78 is 15.4. The summed E-state index contributed by atoms with van der Waals surface area (Å²) in [6, 6.07) is 4.83. The highest BCUT2D eigenvalue weighted by Gasteiger charge is 2.24. The van der Waals surface area contributed by atoms with Gasteiger partial charge >= 0.3 is 4.87 Å². The Hall–Kier alpha value is -1.60. The van der Waals surface area contributed by atoms with E-state index >= 15 is 0 Å². The van der Waals surface area contributed by atoms with E-state index in [0.717, 1.165) is 34.8 Å². The molecule has 1 aromatic heterocycles. The van der Waals surface area contributed by atoms with Crippen LogP contribution in [0.15, 0.2) is 33.3 Å². The zero-order valence-corrected chi connectivity index (χ0v) is 14.3. The molecule has 1 atom stereocenters. The number of amides is 1. The molecule has 0 saturated carbocycles. The number of rotatable bonds is 4. The summed E-state index contributed by atoms with van der Waals surface area (Å²) in [5.74, 6) is 0.434. The number of halogens is 1. The third kappa shape index (κ3) is 3.50. The average Bonchev–Trinajstić information content (AvgIpc) is 2.85. The molecule has 1 amide bonds. The predicted octanol–water partition coefficient (Wildman–Crippen LogP) is 3.10. The summed E-state index contributed by atoms with van der Waals surface area (Å²) in [5.41, 5.74) is 1.72. The first-order valence-corrected chi connectivity index (χ1v) is 9.28. The molecule has 0 fully saturated rings. The molecule has 2 aromatic rings. The molecular weight excluding hydrogens is 335 g/mol. The highest BCUT2D eigenvalue weighted by molar-refractivity contribution is 7.99. The molecule has 0 saturated heterocycles. The number of benzene rings is 1. The minimum atomic E-state index is -0.230. The molecule has 23 heavy (non-hydrogen) atoms. The number of nitrogens with zero attached hydrogens (tertiary/aromatic N) is 1. The number of thiazole rings is 1. The van der Waals surface area contributed by atoms with E-state index in [1.165, 1.54) is 17.8 Å². The second-order valence-corrected chi connectivity index (χ2v) is 7.39. The van der Waals surface area contributed by atoms with Crippen LogP contribution in [0.5, 0.6) is 0 Å². The van der Waals surface area contributed by atoms with Crippen molar-refractivity contribution in [2.24, 2.45) is 0 Å². The van der Waals surface area contributed by atoms with Gasteiger partial charge in [0.2, 0.25) is 5.91 Å². The van der Waals surface area contributed by atoms with Gasteiger partial charge in [0.1, 0.15) is 5.82 Å². The van der Waals surface area contributed by atoms with Crippen LogP contribution in [-0.2, 0) is 11.3 Å². The molecule has 1 N–H and O–H groups in total. The van der Waals surface area contributed by atoms with Crippen molar-refractivity contribution in [1.29, 1.82) is 0 Å². The highest BCUT2D eigenvalue weighted by atomic mass is 32.2. The van der Waals surface area contributed by atoms with Gasteiger partial charge in [-0.25, -0.2) is 4.39 Å². The van der Waals surface area contributed by atoms with E-state index in [1.807, 2.05) is 13.0 Å².